The number of unbranched alkanes of at least 4 members (excludes halogenated alkanes) is 1. The SMILES string of the molecule is Cc1cc(=O)[nH]c(NC(=O)NCCCCNC(=O)[C@H](O)[C@@H](O)[C@@H](O)[C@H](O)C(=O)NCCS)n1. The van der Waals surface area contributed by atoms with Gasteiger partial charge in [-0.1, -0.05) is 0 Å². The summed E-state index contributed by atoms with van der Waals surface area (Å²) in [4.78, 5) is 52.9. The van der Waals surface area contributed by atoms with E-state index in [2.05, 4.69) is 43.9 Å². The molecule has 0 unspecified atom stereocenters. The molecular weight excluding hydrogens is 460 g/mol. The molecule has 0 aliphatic heterocycles. The predicted octanol–water partition coefficient (Wildman–Crippen LogP) is -3.41. The minimum atomic E-state index is -2.10. The van der Waals surface area contributed by atoms with E-state index in [1.165, 1.54) is 6.07 Å². The highest BCUT2D eigenvalue weighted by Crippen LogP contribution is 2.06. The lowest BCUT2D eigenvalue weighted by Gasteiger charge is -2.25. The summed E-state index contributed by atoms with van der Waals surface area (Å²) in [6, 6.07) is 0.690. The normalized spacial score (nSPS) is 14.5. The van der Waals surface area contributed by atoms with Crippen LogP contribution in [0.15, 0.2) is 10.9 Å². The molecule has 0 aromatic carbocycles. The first kappa shape index (κ1) is 28.3. The van der Waals surface area contributed by atoms with Gasteiger partial charge in [0.15, 0.2) is 12.2 Å². The van der Waals surface area contributed by atoms with Gasteiger partial charge in [0.25, 0.3) is 17.4 Å². The summed E-state index contributed by atoms with van der Waals surface area (Å²) in [5, 5.41) is 48.7. The number of rotatable bonds is 13. The number of hydrogen-bond acceptors (Lipinski definition) is 10. The Bertz CT molecular complexity index is 853. The van der Waals surface area contributed by atoms with E-state index in [1.54, 1.807) is 6.92 Å². The van der Waals surface area contributed by atoms with E-state index in [9.17, 15) is 39.6 Å². The number of nitrogens with one attached hydrogen (secondary N) is 5. The molecule has 0 saturated heterocycles. The number of thiol groups is 1. The number of hydrogen-bond donors (Lipinski definition) is 10. The summed E-state index contributed by atoms with van der Waals surface area (Å²) < 4.78 is 0. The molecule has 1 aromatic heterocycles. The molecule has 1 rings (SSSR count). The number of aromatic nitrogens is 2. The standard InChI is InChI=1S/C18H30N6O8S/c1-9-8-10(25)23-17(22-9)24-18(32)21-5-3-2-4-19-15(30)13(28)11(26)12(27)14(29)16(31)20-6-7-33/h8,11-14,26-29,33H,2-7H2,1H3,(H,19,30)(H,20,31)(H3,21,22,23,24,25,32)/t11-,12+,13+,14-/m0/s1. The molecule has 1 aromatic rings. The summed E-state index contributed by atoms with van der Waals surface area (Å²) >= 11 is 3.87. The van der Waals surface area contributed by atoms with Gasteiger partial charge in [-0.2, -0.15) is 12.6 Å². The van der Waals surface area contributed by atoms with Crippen molar-refractivity contribution in [2.45, 2.75) is 44.2 Å². The van der Waals surface area contributed by atoms with Gasteiger partial charge in [0, 0.05) is 37.1 Å². The van der Waals surface area contributed by atoms with Crippen LogP contribution in [0.2, 0.25) is 0 Å². The molecule has 4 atom stereocenters. The van der Waals surface area contributed by atoms with Crippen LogP contribution in [0.3, 0.4) is 0 Å². The van der Waals surface area contributed by atoms with Gasteiger partial charge in [0.2, 0.25) is 5.95 Å². The Morgan fingerprint density at radius 3 is 2.00 bits per heavy atom. The lowest BCUT2D eigenvalue weighted by atomic mass is 10.0. The Morgan fingerprint density at radius 2 is 1.48 bits per heavy atom. The molecule has 0 aliphatic carbocycles. The van der Waals surface area contributed by atoms with E-state index >= 15 is 0 Å². The molecule has 33 heavy (non-hydrogen) atoms. The number of anilines is 1. The number of carbonyl (C=O) groups excluding carboxylic acids is 3. The van der Waals surface area contributed by atoms with Gasteiger partial charge in [-0.3, -0.25) is 24.7 Å². The Labute approximate surface area is 194 Å². The van der Waals surface area contributed by atoms with Crippen molar-refractivity contribution in [3.63, 3.8) is 0 Å². The van der Waals surface area contributed by atoms with Crippen LogP contribution in [0.1, 0.15) is 18.5 Å². The van der Waals surface area contributed by atoms with E-state index in [4.69, 9.17) is 0 Å². The molecule has 0 aliphatic rings. The van der Waals surface area contributed by atoms with Crippen LogP contribution in [-0.2, 0) is 9.59 Å². The minimum Gasteiger partial charge on any atom is -0.387 e. The zero-order valence-electron chi connectivity index (χ0n) is 17.9. The number of nitrogens with zero attached hydrogens (tertiary/aromatic N) is 1. The number of aromatic amines is 1. The number of aliphatic hydroxyl groups is 4. The van der Waals surface area contributed by atoms with E-state index in [1.807, 2.05) is 0 Å². The lowest BCUT2D eigenvalue weighted by molar-refractivity contribution is -0.155. The number of carbonyl (C=O) groups is 3. The zero-order valence-corrected chi connectivity index (χ0v) is 18.8. The highest BCUT2D eigenvalue weighted by Gasteiger charge is 2.37. The Balaban J connectivity index is 2.29. The molecule has 186 valence electrons. The highest BCUT2D eigenvalue weighted by molar-refractivity contribution is 7.80. The largest absolute Gasteiger partial charge is 0.387 e. The maximum absolute atomic E-state index is 11.9. The summed E-state index contributed by atoms with van der Waals surface area (Å²) in [6.07, 6.45) is -7.49. The molecule has 9 N–H and O–H groups in total. The third kappa shape index (κ3) is 10.2. The van der Waals surface area contributed by atoms with Gasteiger partial charge < -0.3 is 36.4 Å². The molecule has 4 amide bonds. The van der Waals surface area contributed by atoms with Crippen LogP contribution >= 0.6 is 12.6 Å². The quantitative estimate of drug-likeness (QED) is 0.0980. The number of aryl methyl sites for hydroxylation is 1. The highest BCUT2D eigenvalue weighted by atomic mass is 32.1. The number of urea groups is 1. The van der Waals surface area contributed by atoms with Crippen molar-refractivity contribution in [1.29, 1.82) is 0 Å². The average molecular weight is 491 g/mol. The van der Waals surface area contributed by atoms with Crippen molar-refractivity contribution in [2.75, 3.05) is 30.7 Å². The van der Waals surface area contributed by atoms with Crippen molar-refractivity contribution in [3.05, 3.63) is 22.1 Å². The third-order valence-electron chi connectivity index (χ3n) is 4.24. The monoisotopic (exact) mass is 490 g/mol. The minimum absolute atomic E-state index is 0.00352. The van der Waals surface area contributed by atoms with Gasteiger partial charge in [-0.25, -0.2) is 9.78 Å². The summed E-state index contributed by atoms with van der Waals surface area (Å²) in [5.41, 5.74) is 0.0375. The summed E-state index contributed by atoms with van der Waals surface area (Å²) in [7, 11) is 0. The molecular formula is C18H30N6O8S. The van der Waals surface area contributed by atoms with Crippen molar-refractivity contribution in [1.82, 2.24) is 25.9 Å². The zero-order chi connectivity index (χ0) is 25.0. The molecule has 0 spiro atoms. The van der Waals surface area contributed by atoms with Crippen LogP contribution in [0.25, 0.3) is 0 Å². The first-order valence-electron chi connectivity index (χ1n) is 10.1. The maximum Gasteiger partial charge on any atom is 0.321 e. The fourth-order valence-corrected chi connectivity index (χ4v) is 2.64. The second-order valence-corrected chi connectivity index (χ2v) is 7.45. The van der Waals surface area contributed by atoms with Crippen LogP contribution in [0.4, 0.5) is 10.7 Å². The third-order valence-corrected chi connectivity index (χ3v) is 4.46. The second-order valence-electron chi connectivity index (χ2n) is 7.00. The smallest absolute Gasteiger partial charge is 0.321 e. The molecule has 0 fully saturated rings. The van der Waals surface area contributed by atoms with Crippen molar-refractivity contribution < 1.29 is 34.8 Å². The maximum atomic E-state index is 11.9. The fourth-order valence-electron chi connectivity index (χ4n) is 2.53. The second kappa shape index (κ2) is 14.4. The van der Waals surface area contributed by atoms with E-state index < -0.39 is 47.8 Å². The van der Waals surface area contributed by atoms with Crippen molar-refractivity contribution in [3.8, 4) is 0 Å². The van der Waals surface area contributed by atoms with Crippen molar-refractivity contribution >= 4 is 36.4 Å². The molecule has 15 heteroatoms. The molecule has 0 radical (unpaired) electrons. The lowest BCUT2D eigenvalue weighted by Crippen LogP contribution is -2.54. The molecule has 0 bridgehead atoms. The topological polar surface area (TPSA) is 226 Å². The number of H-pyrrole nitrogens is 1. The molecule has 14 nitrogen and oxygen atoms in total. The number of aliphatic hydroxyl groups excluding tert-OH is 4. The van der Waals surface area contributed by atoms with Gasteiger partial charge in [-0.05, 0) is 19.8 Å². The summed E-state index contributed by atoms with van der Waals surface area (Å²) in [6.45, 7) is 2.03. The number of amides is 4. The Kier molecular flexibility index (Phi) is 12.4. The molecule has 0 saturated carbocycles. The first-order valence-corrected chi connectivity index (χ1v) is 10.7. The van der Waals surface area contributed by atoms with Crippen molar-refractivity contribution in [2.24, 2.45) is 0 Å². The van der Waals surface area contributed by atoms with E-state index in [0.29, 0.717) is 18.5 Å². The van der Waals surface area contributed by atoms with Crippen LogP contribution in [-0.4, -0.2) is 98.0 Å². The molecule has 1 heterocycles. The van der Waals surface area contributed by atoms with E-state index in [-0.39, 0.29) is 31.3 Å². The predicted molar refractivity (Wildman–Crippen MR) is 120 cm³/mol. The fraction of sp³-hybridized carbons (Fsp3) is 0.611. The first-order chi connectivity index (χ1) is 15.6. The Hall–Kier alpha value is -2.72. The van der Waals surface area contributed by atoms with Gasteiger partial charge in [0.05, 0.1) is 0 Å². The van der Waals surface area contributed by atoms with Crippen LogP contribution in [0, 0.1) is 6.92 Å². The summed E-state index contributed by atoms with van der Waals surface area (Å²) in [5.74, 6) is -1.70. The van der Waals surface area contributed by atoms with Gasteiger partial charge in [-0.15, -0.1) is 0 Å². The average Bonchev–Trinajstić information content (AvgIpc) is 2.76. The van der Waals surface area contributed by atoms with Crippen LogP contribution < -0.4 is 26.8 Å². The van der Waals surface area contributed by atoms with E-state index in [0.717, 1.165) is 0 Å². The Morgan fingerprint density at radius 1 is 0.970 bits per heavy atom. The van der Waals surface area contributed by atoms with Crippen LogP contribution in [0.5, 0.6) is 0 Å². The van der Waals surface area contributed by atoms with Gasteiger partial charge in [0.1, 0.15) is 12.2 Å². The van der Waals surface area contributed by atoms with Gasteiger partial charge >= 0.3 is 6.03 Å².